The van der Waals surface area contributed by atoms with Gasteiger partial charge in [-0.15, -0.1) is 0 Å². The van der Waals surface area contributed by atoms with Crippen molar-refractivity contribution in [1.29, 1.82) is 0 Å². The van der Waals surface area contributed by atoms with Crippen LogP contribution in [0.1, 0.15) is 81.5 Å². The molecular weight excluding hydrogens is 370 g/mol. The van der Waals surface area contributed by atoms with E-state index in [1.807, 2.05) is 29.2 Å². The van der Waals surface area contributed by atoms with Crippen LogP contribution in [0, 0.1) is 0 Å². The molecule has 2 amide bonds. The SMILES string of the molecule is CCCCCCCC(=O)NC(=S)Nc1ccc(C(=O)N2CCCCCC2)cc1. The summed E-state index contributed by atoms with van der Waals surface area (Å²) in [4.78, 5) is 26.5. The first-order chi connectivity index (χ1) is 13.6. The van der Waals surface area contributed by atoms with Crippen LogP contribution >= 0.6 is 12.2 Å². The van der Waals surface area contributed by atoms with Gasteiger partial charge in [-0.2, -0.15) is 0 Å². The Labute approximate surface area is 174 Å². The first-order valence-electron chi connectivity index (χ1n) is 10.6. The number of rotatable bonds is 8. The van der Waals surface area contributed by atoms with E-state index in [4.69, 9.17) is 12.2 Å². The van der Waals surface area contributed by atoms with Gasteiger partial charge in [0, 0.05) is 30.8 Å². The van der Waals surface area contributed by atoms with Crippen molar-refractivity contribution in [2.24, 2.45) is 0 Å². The quantitative estimate of drug-likeness (QED) is 0.480. The fourth-order valence-corrected chi connectivity index (χ4v) is 3.62. The van der Waals surface area contributed by atoms with Gasteiger partial charge < -0.3 is 15.5 Å². The molecular formula is C22H33N3O2S. The van der Waals surface area contributed by atoms with Gasteiger partial charge in [0.2, 0.25) is 5.91 Å². The van der Waals surface area contributed by atoms with Crippen LogP contribution in [0.25, 0.3) is 0 Å². The molecule has 1 fully saturated rings. The highest BCUT2D eigenvalue weighted by molar-refractivity contribution is 7.80. The largest absolute Gasteiger partial charge is 0.339 e. The van der Waals surface area contributed by atoms with Crippen LogP contribution in [0.4, 0.5) is 5.69 Å². The third-order valence-electron chi connectivity index (χ3n) is 5.04. The van der Waals surface area contributed by atoms with Crippen molar-refractivity contribution in [3.05, 3.63) is 29.8 Å². The molecule has 0 aliphatic carbocycles. The van der Waals surface area contributed by atoms with Crippen molar-refractivity contribution >= 4 is 34.8 Å². The van der Waals surface area contributed by atoms with E-state index in [0.717, 1.165) is 44.5 Å². The number of carbonyl (C=O) groups is 2. The summed E-state index contributed by atoms with van der Waals surface area (Å²) in [5, 5.41) is 6.03. The third-order valence-corrected chi connectivity index (χ3v) is 5.25. The van der Waals surface area contributed by atoms with Crippen molar-refractivity contribution in [1.82, 2.24) is 10.2 Å². The molecule has 1 aliphatic rings. The number of benzene rings is 1. The zero-order chi connectivity index (χ0) is 20.2. The van der Waals surface area contributed by atoms with Crippen LogP contribution in [0.2, 0.25) is 0 Å². The Hall–Kier alpha value is -1.95. The molecule has 0 atom stereocenters. The second kappa shape index (κ2) is 12.5. The normalized spacial score (nSPS) is 14.2. The predicted octanol–water partition coefficient (Wildman–Crippen LogP) is 4.88. The monoisotopic (exact) mass is 403 g/mol. The minimum Gasteiger partial charge on any atom is -0.339 e. The summed E-state index contributed by atoms with van der Waals surface area (Å²) in [6.07, 6.45) is 10.6. The molecule has 6 heteroatoms. The summed E-state index contributed by atoms with van der Waals surface area (Å²) < 4.78 is 0. The number of likely N-dealkylation sites (tertiary alicyclic amines) is 1. The standard InChI is InChI=1S/C22H33N3O2S/c1-2-3-4-5-8-11-20(26)24-22(28)23-19-14-12-18(13-15-19)21(27)25-16-9-6-7-10-17-25/h12-15H,2-11,16-17H2,1H3,(H2,23,24,26,28). The van der Waals surface area contributed by atoms with Gasteiger partial charge in [-0.3, -0.25) is 9.59 Å². The topological polar surface area (TPSA) is 61.4 Å². The molecule has 154 valence electrons. The fourth-order valence-electron chi connectivity index (χ4n) is 3.39. The van der Waals surface area contributed by atoms with E-state index in [1.54, 1.807) is 0 Å². The average Bonchev–Trinajstić information content (AvgIpc) is 2.97. The summed E-state index contributed by atoms with van der Waals surface area (Å²) in [5.74, 6) is 0.0364. The van der Waals surface area contributed by atoms with Gasteiger partial charge in [-0.05, 0) is 55.7 Å². The second-order valence-corrected chi connectivity index (χ2v) is 7.86. The molecule has 28 heavy (non-hydrogen) atoms. The lowest BCUT2D eigenvalue weighted by molar-refractivity contribution is -0.119. The summed E-state index contributed by atoms with van der Waals surface area (Å²) in [6, 6.07) is 7.28. The van der Waals surface area contributed by atoms with E-state index in [9.17, 15) is 9.59 Å². The van der Waals surface area contributed by atoms with Gasteiger partial charge in [0.1, 0.15) is 0 Å². The number of hydrogen-bond donors (Lipinski definition) is 2. The lowest BCUT2D eigenvalue weighted by Crippen LogP contribution is -2.34. The van der Waals surface area contributed by atoms with E-state index >= 15 is 0 Å². The number of nitrogens with zero attached hydrogens (tertiary/aromatic N) is 1. The zero-order valence-corrected chi connectivity index (χ0v) is 17.8. The summed E-state index contributed by atoms with van der Waals surface area (Å²) in [7, 11) is 0. The van der Waals surface area contributed by atoms with Crippen molar-refractivity contribution < 1.29 is 9.59 Å². The Kier molecular flexibility index (Phi) is 9.97. The summed E-state index contributed by atoms with van der Waals surface area (Å²) in [5.41, 5.74) is 1.45. The maximum absolute atomic E-state index is 12.6. The molecule has 0 unspecified atom stereocenters. The molecule has 1 saturated heterocycles. The number of unbranched alkanes of at least 4 members (excludes halogenated alkanes) is 4. The first-order valence-corrected chi connectivity index (χ1v) is 11.0. The number of amides is 2. The highest BCUT2D eigenvalue weighted by atomic mass is 32.1. The zero-order valence-electron chi connectivity index (χ0n) is 17.0. The van der Waals surface area contributed by atoms with Crippen LogP contribution in [0.3, 0.4) is 0 Å². The van der Waals surface area contributed by atoms with Crippen molar-refractivity contribution in [3.8, 4) is 0 Å². The molecule has 5 nitrogen and oxygen atoms in total. The van der Waals surface area contributed by atoms with E-state index < -0.39 is 0 Å². The van der Waals surface area contributed by atoms with Crippen molar-refractivity contribution in [2.75, 3.05) is 18.4 Å². The molecule has 1 aliphatic heterocycles. The second-order valence-electron chi connectivity index (χ2n) is 7.45. The molecule has 0 bridgehead atoms. The molecule has 0 spiro atoms. The Morgan fingerprint density at radius 3 is 2.25 bits per heavy atom. The van der Waals surface area contributed by atoms with Gasteiger partial charge >= 0.3 is 0 Å². The number of carbonyl (C=O) groups excluding carboxylic acids is 2. The third kappa shape index (κ3) is 7.97. The van der Waals surface area contributed by atoms with Crippen LogP contribution < -0.4 is 10.6 Å². The van der Waals surface area contributed by atoms with E-state index in [2.05, 4.69) is 17.6 Å². The van der Waals surface area contributed by atoms with Gasteiger partial charge in [0.05, 0.1) is 0 Å². The predicted molar refractivity (Wildman–Crippen MR) is 119 cm³/mol. The van der Waals surface area contributed by atoms with E-state index in [0.29, 0.717) is 17.1 Å². The van der Waals surface area contributed by atoms with Gasteiger partial charge in [-0.25, -0.2) is 0 Å². The summed E-state index contributed by atoms with van der Waals surface area (Å²) in [6.45, 7) is 3.86. The number of anilines is 1. The van der Waals surface area contributed by atoms with Crippen LogP contribution in [-0.4, -0.2) is 34.9 Å². The van der Waals surface area contributed by atoms with Gasteiger partial charge in [0.15, 0.2) is 5.11 Å². The number of hydrogen-bond acceptors (Lipinski definition) is 3. The van der Waals surface area contributed by atoms with E-state index in [-0.39, 0.29) is 11.8 Å². The van der Waals surface area contributed by atoms with Crippen LogP contribution in [-0.2, 0) is 4.79 Å². The van der Waals surface area contributed by atoms with Crippen molar-refractivity contribution in [3.63, 3.8) is 0 Å². The minimum atomic E-state index is -0.0537. The Morgan fingerprint density at radius 2 is 1.61 bits per heavy atom. The number of nitrogens with one attached hydrogen (secondary N) is 2. The lowest BCUT2D eigenvalue weighted by Gasteiger charge is -2.20. The van der Waals surface area contributed by atoms with Crippen LogP contribution in [0.5, 0.6) is 0 Å². The Bertz CT molecular complexity index is 638. The molecule has 0 saturated carbocycles. The summed E-state index contributed by atoms with van der Waals surface area (Å²) >= 11 is 5.22. The molecule has 1 aromatic carbocycles. The molecule has 1 heterocycles. The van der Waals surface area contributed by atoms with Crippen LogP contribution in [0.15, 0.2) is 24.3 Å². The fraction of sp³-hybridized carbons (Fsp3) is 0.591. The van der Waals surface area contributed by atoms with Gasteiger partial charge in [-0.1, -0.05) is 45.4 Å². The molecule has 2 rings (SSSR count). The lowest BCUT2D eigenvalue weighted by atomic mass is 10.1. The molecule has 0 aromatic heterocycles. The Balaban J connectivity index is 1.75. The minimum absolute atomic E-state index is 0.0537. The smallest absolute Gasteiger partial charge is 0.253 e. The average molecular weight is 404 g/mol. The van der Waals surface area contributed by atoms with Crippen molar-refractivity contribution in [2.45, 2.75) is 71.1 Å². The molecule has 0 radical (unpaired) electrons. The molecule has 2 N–H and O–H groups in total. The maximum Gasteiger partial charge on any atom is 0.253 e. The highest BCUT2D eigenvalue weighted by Gasteiger charge is 2.17. The van der Waals surface area contributed by atoms with Gasteiger partial charge in [0.25, 0.3) is 5.91 Å². The highest BCUT2D eigenvalue weighted by Crippen LogP contribution is 2.15. The number of thiocarbonyl (C=S) groups is 1. The Morgan fingerprint density at radius 1 is 0.964 bits per heavy atom. The maximum atomic E-state index is 12.6. The van der Waals surface area contributed by atoms with E-state index in [1.165, 1.54) is 32.1 Å². The first kappa shape index (κ1) is 22.3. The molecule has 1 aromatic rings.